The van der Waals surface area contributed by atoms with Crippen molar-refractivity contribution in [2.45, 2.75) is 25.9 Å². The fraction of sp³-hybridized carbons (Fsp3) is 0.263. The first-order valence-electron chi connectivity index (χ1n) is 8.25. The number of nitrogens with zero attached hydrogens (tertiary/aromatic N) is 1. The monoisotopic (exact) mass is 357 g/mol. The number of hydrogen-bond acceptors (Lipinski definition) is 3. The van der Waals surface area contributed by atoms with Crippen LogP contribution in [0.5, 0.6) is 0 Å². The van der Waals surface area contributed by atoms with Crippen molar-refractivity contribution >= 4 is 35.6 Å². The van der Waals surface area contributed by atoms with Crippen molar-refractivity contribution in [3.63, 3.8) is 0 Å². The van der Waals surface area contributed by atoms with E-state index in [-0.39, 0.29) is 24.2 Å². The molecule has 2 aromatic rings. The lowest BCUT2D eigenvalue weighted by atomic mass is 10.1. The smallest absolute Gasteiger partial charge is 0.255 e. The molecule has 1 fully saturated rings. The molecule has 0 unspecified atom stereocenters. The highest BCUT2D eigenvalue weighted by atomic mass is 35.5. The molecule has 0 spiro atoms. The number of amides is 2. The number of carbonyl (C=O) groups excluding carboxylic acids is 2. The third-order valence-electron chi connectivity index (χ3n) is 4.61. The average molecular weight is 358 g/mol. The van der Waals surface area contributed by atoms with Crippen molar-refractivity contribution in [3.8, 4) is 0 Å². The summed E-state index contributed by atoms with van der Waals surface area (Å²) >= 11 is 0. The van der Waals surface area contributed by atoms with Gasteiger partial charge in [-0.25, -0.2) is 0 Å². The number of nitrogens with one attached hydrogen (secondary N) is 2. The summed E-state index contributed by atoms with van der Waals surface area (Å²) in [5.74, 6) is 0.0493. The second-order valence-electron chi connectivity index (χ2n) is 6.24. The van der Waals surface area contributed by atoms with Crippen molar-refractivity contribution in [1.82, 2.24) is 5.32 Å². The largest absolute Gasteiger partial charge is 0.322 e. The number of halogens is 1. The van der Waals surface area contributed by atoms with E-state index in [1.54, 1.807) is 4.90 Å². The van der Waals surface area contributed by atoms with Gasteiger partial charge in [-0.2, -0.15) is 0 Å². The van der Waals surface area contributed by atoms with Crippen LogP contribution >= 0.6 is 12.4 Å². The molecule has 0 radical (unpaired) electrons. The van der Waals surface area contributed by atoms with Crippen LogP contribution in [0.2, 0.25) is 0 Å². The quantitative estimate of drug-likeness (QED) is 0.887. The second kappa shape index (κ2) is 7.25. The predicted molar refractivity (Wildman–Crippen MR) is 100 cm³/mol. The van der Waals surface area contributed by atoms with Gasteiger partial charge >= 0.3 is 0 Å². The first kappa shape index (κ1) is 17.5. The minimum atomic E-state index is -0.116. The highest BCUT2D eigenvalue weighted by molar-refractivity contribution is 6.04. The maximum Gasteiger partial charge on any atom is 0.255 e. The molecule has 2 N–H and O–H groups in total. The maximum absolute atomic E-state index is 12.4. The Morgan fingerprint density at radius 3 is 2.52 bits per heavy atom. The maximum atomic E-state index is 12.4. The van der Waals surface area contributed by atoms with E-state index in [0.717, 1.165) is 37.4 Å². The molecule has 4 rings (SSSR count). The molecule has 6 heteroatoms. The molecule has 2 heterocycles. The van der Waals surface area contributed by atoms with Gasteiger partial charge in [0.1, 0.15) is 0 Å². The molecule has 2 aliphatic rings. The summed E-state index contributed by atoms with van der Waals surface area (Å²) in [5.41, 5.74) is 4.72. The molecule has 0 bridgehead atoms. The average Bonchev–Trinajstić information content (AvgIpc) is 3.23. The van der Waals surface area contributed by atoms with Crippen LogP contribution in [0.15, 0.2) is 42.5 Å². The summed E-state index contributed by atoms with van der Waals surface area (Å²) < 4.78 is 0. The molecule has 0 atom stereocenters. The molecule has 5 nitrogen and oxygen atoms in total. The third-order valence-corrected chi connectivity index (χ3v) is 4.61. The summed E-state index contributed by atoms with van der Waals surface area (Å²) in [5, 5.41) is 6.19. The van der Waals surface area contributed by atoms with Crippen LogP contribution < -0.4 is 15.5 Å². The molecule has 0 saturated carbocycles. The summed E-state index contributed by atoms with van der Waals surface area (Å²) in [6.45, 7) is 2.45. The molecular formula is C19H20ClN3O2. The van der Waals surface area contributed by atoms with E-state index in [2.05, 4.69) is 10.6 Å². The molecule has 0 aliphatic carbocycles. The Morgan fingerprint density at radius 2 is 1.80 bits per heavy atom. The Hall–Kier alpha value is -2.37. The van der Waals surface area contributed by atoms with Gasteiger partial charge < -0.3 is 15.5 Å². The Kier molecular flexibility index (Phi) is 5.06. The van der Waals surface area contributed by atoms with Crippen LogP contribution in [0.1, 0.15) is 34.3 Å². The lowest BCUT2D eigenvalue weighted by molar-refractivity contribution is -0.117. The zero-order valence-corrected chi connectivity index (χ0v) is 14.6. The highest BCUT2D eigenvalue weighted by Crippen LogP contribution is 2.23. The first-order chi connectivity index (χ1) is 11.7. The minimum Gasteiger partial charge on any atom is -0.322 e. The number of rotatable bonds is 3. The Morgan fingerprint density at radius 1 is 1.04 bits per heavy atom. The Bertz CT molecular complexity index is 805. The van der Waals surface area contributed by atoms with E-state index in [4.69, 9.17) is 0 Å². The predicted octanol–water partition coefficient (Wildman–Crippen LogP) is 3.09. The van der Waals surface area contributed by atoms with Crippen molar-refractivity contribution in [2.24, 2.45) is 0 Å². The lowest BCUT2D eigenvalue weighted by Gasteiger charge is -2.16. The molecule has 130 valence electrons. The molecule has 0 aromatic heterocycles. The van der Waals surface area contributed by atoms with Gasteiger partial charge in [0.15, 0.2) is 0 Å². The third kappa shape index (κ3) is 3.52. The van der Waals surface area contributed by atoms with Gasteiger partial charge in [0.25, 0.3) is 5.91 Å². The second-order valence-corrected chi connectivity index (χ2v) is 6.24. The van der Waals surface area contributed by atoms with E-state index < -0.39 is 0 Å². The van der Waals surface area contributed by atoms with E-state index in [1.807, 2.05) is 42.5 Å². The fourth-order valence-corrected chi connectivity index (χ4v) is 3.29. The Balaban J connectivity index is 0.00000182. The fourth-order valence-electron chi connectivity index (χ4n) is 3.29. The van der Waals surface area contributed by atoms with E-state index in [0.29, 0.717) is 12.0 Å². The van der Waals surface area contributed by atoms with Crippen LogP contribution in [-0.2, 0) is 17.9 Å². The van der Waals surface area contributed by atoms with Crippen LogP contribution in [0.25, 0.3) is 0 Å². The van der Waals surface area contributed by atoms with Crippen molar-refractivity contribution < 1.29 is 9.59 Å². The topological polar surface area (TPSA) is 61.4 Å². The molecule has 25 heavy (non-hydrogen) atoms. The summed E-state index contributed by atoms with van der Waals surface area (Å²) in [7, 11) is 0. The molecule has 2 aliphatic heterocycles. The number of carbonyl (C=O) groups is 2. The summed E-state index contributed by atoms with van der Waals surface area (Å²) in [6.07, 6.45) is 1.52. The van der Waals surface area contributed by atoms with Gasteiger partial charge in [-0.1, -0.05) is 6.07 Å². The zero-order chi connectivity index (χ0) is 16.5. The van der Waals surface area contributed by atoms with Crippen LogP contribution in [0, 0.1) is 0 Å². The summed E-state index contributed by atoms with van der Waals surface area (Å²) in [4.78, 5) is 26.0. The van der Waals surface area contributed by atoms with Gasteiger partial charge in [0, 0.05) is 43.0 Å². The van der Waals surface area contributed by atoms with E-state index in [9.17, 15) is 9.59 Å². The molecule has 2 amide bonds. The van der Waals surface area contributed by atoms with E-state index in [1.165, 1.54) is 11.1 Å². The van der Waals surface area contributed by atoms with Gasteiger partial charge in [-0.05, 0) is 53.9 Å². The standard InChI is InChI=1S/C19H19N3O2.ClH/c23-18-2-1-9-22(18)17-7-5-16(6-8-17)21-19(24)13-3-4-14-11-20-12-15(14)10-13;/h3-8,10,20H,1-2,9,11-12H2,(H,21,24);1H. The zero-order valence-electron chi connectivity index (χ0n) is 13.7. The molecular weight excluding hydrogens is 338 g/mol. The van der Waals surface area contributed by atoms with E-state index >= 15 is 0 Å². The highest BCUT2D eigenvalue weighted by Gasteiger charge is 2.21. The van der Waals surface area contributed by atoms with Crippen molar-refractivity contribution in [2.75, 3.05) is 16.8 Å². The van der Waals surface area contributed by atoms with Gasteiger partial charge in [0.05, 0.1) is 0 Å². The number of benzene rings is 2. The molecule has 1 saturated heterocycles. The number of fused-ring (bicyclic) bond motifs is 1. The number of anilines is 2. The van der Waals surface area contributed by atoms with Crippen molar-refractivity contribution in [3.05, 3.63) is 59.2 Å². The lowest BCUT2D eigenvalue weighted by Crippen LogP contribution is -2.23. The minimum absolute atomic E-state index is 0. The number of hydrogen-bond donors (Lipinski definition) is 2. The van der Waals surface area contributed by atoms with Crippen molar-refractivity contribution in [1.29, 1.82) is 0 Å². The normalized spacial score (nSPS) is 15.7. The summed E-state index contributed by atoms with van der Waals surface area (Å²) in [6, 6.07) is 13.3. The van der Waals surface area contributed by atoms with Crippen LogP contribution in [0.4, 0.5) is 11.4 Å². The van der Waals surface area contributed by atoms with Gasteiger partial charge in [-0.15, -0.1) is 12.4 Å². The molecule has 2 aromatic carbocycles. The van der Waals surface area contributed by atoms with Gasteiger partial charge in [0.2, 0.25) is 5.91 Å². The SMILES string of the molecule is Cl.O=C(Nc1ccc(N2CCCC2=O)cc1)c1ccc2c(c1)CNC2. The Labute approximate surface area is 152 Å². The van der Waals surface area contributed by atoms with Crippen LogP contribution in [0.3, 0.4) is 0 Å². The van der Waals surface area contributed by atoms with Gasteiger partial charge in [-0.3, -0.25) is 9.59 Å². The van der Waals surface area contributed by atoms with Crippen LogP contribution in [-0.4, -0.2) is 18.4 Å². The first-order valence-corrected chi connectivity index (χ1v) is 8.25.